The molecule has 108 valence electrons. The lowest BCUT2D eigenvalue weighted by atomic mass is 10.1. The van der Waals surface area contributed by atoms with E-state index in [9.17, 15) is 0 Å². The number of pyridine rings is 1. The number of furan rings is 1. The highest BCUT2D eigenvalue weighted by Gasteiger charge is 2.14. The van der Waals surface area contributed by atoms with Crippen molar-refractivity contribution in [1.29, 1.82) is 0 Å². The minimum Gasteiger partial charge on any atom is -0.456 e. The van der Waals surface area contributed by atoms with Crippen LogP contribution in [0.3, 0.4) is 0 Å². The van der Waals surface area contributed by atoms with E-state index >= 15 is 0 Å². The first-order chi connectivity index (χ1) is 11.4. The van der Waals surface area contributed by atoms with Crippen LogP contribution in [0.4, 0.5) is 0 Å². The van der Waals surface area contributed by atoms with Crippen LogP contribution in [0.15, 0.2) is 71.3 Å². The summed E-state index contributed by atoms with van der Waals surface area (Å²) in [5.74, 6) is 0. The molecule has 0 amide bonds. The first kappa shape index (κ1) is 12.3. The Balaban J connectivity index is 1.87. The minimum absolute atomic E-state index is 0.751. The second-order valence-corrected chi connectivity index (χ2v) is 5.42. The Morgan fingerprint density at radius 1 is 0.783 bits per heavy atom. The maximum atomic E-state index is 5.91. The third kappa shape index (κ3) is 1.82. The number of rotatable bonds is 1. The molecule has 0 unspecified atom stereocenters. The van der Waals surface area contributed by atoms with E-state index in [1.54, 1.807) is 6.20 Å². The second kappa shape index (κ2) is 4.61. The Morgan fingerprint density at radius 3 is 2.65 bits per heavy atom. The quantitative estimate of drug-likeness (QED) is 0.454. The monoisotopic (exact) mass is 297 g/mol. The van der Waals surface area contributed by atoms with Crippen molar-refractivity contribution in [3.05, 3.63) is 66.9 Å². The molecular formula is C19H11N3O. The third-order valence-electron chi connectivity index (χ3n) is 4.03. The van der Waals surface area contributed by atoms with Gasteiger partial charge < -0.3 is 4.42 Å². The van der Waals surface area contributed by atoms with Gasteiger partial charge in [0.05, 0.1) is 10.9 Å². The van der Waals surface area contributed by atoms with Crippen molar-refractivity contribution in [2.45, 2.75) is 0 Å². The van der Waals surface area contributed by atoms with E-state index in [0.717, 1.165) is 44.2 Å². The molecule has 0 atom stereocenters. The van der Waals surface area contributed by atoms with Gasteiger partial charge in [0.15, 0.2) is 0 Å². The maximum absolute atomic E-state index is 5.91. The average Bonchev–Trinajstić information content (AvgIpc) is 3.00. The van der Waals surface area contributed by atoms with Crippen LogP contribution < -0.4 is 0 Å². The van der Waals surface area contributed by atoms with E-state index in [1.165, 1.54) is 0 Å². The zero-order valence-electron chi connectivity index (χ0n) is 12.1. The number of hydrogen-bond donors (Lipinski definition) is 0. The van der Waals surface area contributed by atoms with Crippen LogP contribution in [0.2, 0.25) is 0 Å². The Labute approximate surface area is 131 Å². The lowest BCUT2D eigenvalue weighted by molar-refractivity contribution is 0.668. The van der Waals surface area contributed by atoms with Gasteiger partial charge in [-0.25, -0.2) is 0 Å². The molecule has 3 aromatic heterocycles. The molecular weight excluding hydrogens is 286 g/mol. The lowest BCUT2D eigenvalue weighted by Crippen LogP contribution is -1.91. The van der Waals surface area contributed by atoms with Crippen LogP contribution >= 0.6 is 0 Å². The molecule has 0 saturated carbocycles. The van der Waals surface area contributed by atoms with Crippen molar-refractivity contribution in [2.24, 2.45) is 0 Å². The van der Waals surface area contributed by atoms with Gasteiger partial charge in [0.2, 0.25) is 0 Å². The van der Waals surface area contributed by atoms with Gasteiger partial charge in [-0.3, -0.25) is 4.98 Å². The predicted molar refractivity (Wildman–Crippen MR) is 90.0 cm³/mol. The first-order valence-electron chi connectivity index (χ1n) is 7.39. The molecule has 0 fully saturated rings. The number of nitrogens with zero attached hydrogens (tertiary/aromatic N) is 3. The van der Waals surface area contributed by atoms with E-state index in [1.807, 2.05) is 60.7 Å². The second-order valence-electron chi connectivity index (χ2n) is 5.42. The normalized spacial score (nSPS) is 11.5. The topological polar surface area (TPSA) is 51.8 Å². The van der Waals surface area contributed by atoms with Gasteiger partial charge >= 0.3 is 0 Å². The summed E-state index contributed by atoms with van der Waals surface area (Å²) in [6.07, 6.45) is 1.75. The Hall–Kier alpha value is -3.27. The van der Waals surface area contributed by atoms with Crippen LogP contribution in [-0.2, 0) is 0 Å². The zero-order valence-corrected chi connectivity index (χ0v) is 12.1. The van der Waals surface area contributed by atoms with E-state index in [-0.39, 0.29) is 0 Å². The van der Waals surface area contributed by atoms with Crippen LogP contribution in [-0.4, -0.2) is 15.2 Å². The number of hydrogen-bond acceptors (Lipinski definition) is 4. The minimum atomic E-state index is 0.751. The summed E-state index contributed by atoms with van der Waals surface area (Å²) in [7, 11) is 0. The highest BCUT2D eigenvalue weighted by Crippen LogP contribution is 2.34. The van der Waals surface area contributed by atoms with Crippen LogP contribution in [0.1, 0.15) is 0 Å². The number of para-hydroxylation sites is 1. The van der Waals surface area contributed by atoms with E-state index in [4.69, 9.17) is 4.42 Å². The molecule has 0 bridgehead atoms. The summed E-state index contributed by atoms with van der Waals surface area (Å²) >= 11 is 0. The van der Waals surface area contributed by atoms with Gasteiger partial charge in [-0.1, -0.05) is 36.4 Å². The fourth-order valence-corrected chi connectivity index (χ4v) is 2.96. The van der Waals surface area contributed by atoms with E-state index < -0.39 is 0 Å². The summed E-state index contributed by atoms with van der Waals surface area (Å²) in [4.78, 5) is 4.54. The smallest absolute Gasteiger partial charge is 0.139 e. The molecule has 0 saturated heterocycles. The maximum Gasteiger partial charge on any atom is 0.139 e. The molecule has 4 heteroatoms. The Bertz CT molecular complexity index is 1180. The molecule has 0 radical (unpaired) electrons. The summed E-state index contributed by atoms with van der Waals surface area (Å²) < 4.78 is 5.91. The van der Waals surface area contributed by atoms with Crippen LogP contribution in [0.5, 0.6) is 0 Å². The van der Waals surface area contributed by atoms with Gasteiger partial charge in [-0.15, -0.1) is 10.2 Å². The standard InChI is InChI=1S/C19H11N3O/c1-3-7-14-12(5-1)11-15(22-21-14)19-18-13-6-2-4-8-16(13)23-17(18)9-10-20-19/h1-11H. The van der Waals surface area contributed by atoms with Gasteiger partial charge in [-0.2, -0.15) is 0 Å². The number of aromatic nitrogens is 3. The molecule has 5 rings (SSSR count). The number of benzene rings is 2. The predicted octanol–water partition coefficient (Wildman–Crippen LogP) is 4.59. The lowest BCUT2D eigenvalue weighted by Gasteiger charge is -2.03. The largest absolute Gasteiger partial charge is 0.456 e. The molecule has 0 spiro atoms. The highest BCUT2D eigenvalue weighted by molar-refractivity contribution is 6.11. The van der Waals surface area contributed by atoms with Crippen molar-refractivity contribution < 1.29 is 4.42 Å². The summed E-state index contributed by atoms with van der Waals surface area (Å²) in [5, 5.41) is 11.7. The highest BCUT2D eigenvalue weighted by atomic mass is 16.3. The SMILES string of the molecule is c1ccc2nnc(-c3nccc4oc5ccccc5c34)cc2c1. The Morgan fingerprint density at radius 2 is 1.65 bits per heavy atom. The summed E-state index contributed by atoms with van der Waals surface area (Å²) in [6, 6.07) is 19.8. The Kier molecular flexibility index (Phi) is 2.46. The fraction of sp³-hybridized carbons (Fsp3) is 0. The molecule has 5 aromatic rings. The van der Waals surface area contributed by atoms with E-state index in [0.29, 0.717) is 0 Å². The van der Waals surface area contributed by atoms with Gasteiger partial charge in [-0.05, 0) is 24.3 Å². The number of fused-ring (bicyclic) bond motifs is 4. The zero-order chi connectivity index (χ0) is 15.2. The van der Waals surface area contributed by atoms with Crippen LogP contribution in [0.25, 0.3) is 44.2 Å². The van der Waals surface area contributed by atoms with E-state index in [2.05, 4.69) is 15.2 Å². The van der Waals surface area contributed by atoms with Crippen molar-refractivity contribution in [3.8, 4) is 11.4 Å². The molecule has 23 heavy (non-hydrogen) atoms. The molecule has 0 aliphatic rings. The molecule has 0 aliphatic heterocycles. The molecule has 4 nitrogen and oxygen atoms in total. The third-order valence-corrected chi connectivity index (χ3v) is 4.03. The van der Waals surface area contributed by atoms with Gasteiger partial charge in [0.1, 0.15) is 22.6 Å². The van der Waals surface area contributed by atoms with Crippen LogP contribution in [0, 0.1) is 0 Å². The molecule has 0 aliphatic carbocycles. The summed E-state index contributed by atoms with van der Waals surface area (Å²) in [6.45, 7) is 0. The molecule has 3 heterocycles. The molecule has 0 N–H and O–H groups in total. The summed E-state index contributed by atoms with van der Waals surface area (Å²) in [5.41, 5.74) is 4.09. The van der Waals surface area contributed by atoms with Crippen molar-refractivity contribution in [2.75, 3.05) is 0 Å². The first-order valence-corrected chi connectivity index (χ1v) is 7.39. The fourth-order valence-electron chi connectivity index (χ4n) is 2.96. The van der Waals surface area contributed by atoms with Crippen molar-refractivity contribution >= 4 is 32.8 Å². The van der Waals surface area contributed by atoms with Crippen molar-refractivity contribution in [1.82, 2.24) is 15.2 Å². The average molecular weight is 297 g/mol. The molecule has 2 aromatic carbocycles. The van der Waals surface area contributed by atoms with Gasteiger partial charge in [0, 0.05) is 17.0 Å². The van der Waals surface area contributed by atoms with Crippen molar-refractivity contribution in [3.63, 3.8) is 0 Å². The van der Waals surface area contributed by atoms with Gasteiger partial charge in [0.25, 0.3) is 0 Å².